The molecular weight excluding hydrogens is 323 g/mol. The van der Waals surface area contributed by atoms with Gasteiger partial charge in [0.15, 0.2) is 11.2 Å². The van der Waals surface area contributed by atoms with Crippen molar-refractivity contribution in [1.29, 1.82) is 0 Å². The molecule has 6 nitrogen and oxygen atoms in total. The highest BCUT2D eigenvalue weighted by molar-refractivity contribution is 5.79. The lowest BCUT2D eigenvalue weighted by molar-refractivity contribution is 0.402. The first-order valence-electron chi connectivity index (χ1n) is 7.86. The minimum Gasteiger partial charge on any atom is -0.423 e. The van der Waals surface area contributed by atoms with Crippen LogP contribution in [-0.4, -0.2) is 29.0 Å². The summed E-state index contributed by atoms with van der Waals surface area (Å²) in [5, 5.41) is 2.90. The average Bonchev–Trinajstić information content (AvgIpc) is 3.14. The number of fused-ring (bicyclic) bond motifs is 2. The van der Waals surface area contributed by atoms with Crippen LogP contribution in [0.2, 0.25) is 0 Å². The van der Waals surface area contributed by atoms with E-state index in [1.165, 1.54) is 6.07 Å². The molecule has 0 fully saturated rings. The summed E-state index contributed by atoms with van der Waals surface area (Å²) in [6.45, 7) is 2.48. The van der Waals surface area contributed by atoms with Crippen molar-refractivity contribution in [3.05, 3.63) is 47.3 Å². The number of benzene rings is 2. The maximum Gasteiger partial charge on any atom is 0.303 e. The second-order valence-corrected chi connectivity index (χ2v) is 6.22. The van der Waals surface area contributed by atoms with E-state index in [4.69, 9.17) is 8.83 Å². The van der Waals surface area contributed by atoms with Crippen molar-refractivity contribution in [2.24, 2.45) is 0 Å². The Labute approximate surface area is 143 Å². The van der Waals surface area contributed by atoms with Gasteiger partial charge in [0.1, 0.15) is 16.9 Å². The fourth-order valence-electron chi connectivity index (χ4n) is 2.74. The molecule has 0 aliphatic heterocycles. The standard InChI is InChI=1S/C18H17FN4O2/c1-10-12(19)5-7-15-16(10)21-18(25-15)22-17-20-13-8-11(9-23(2)3)4-6-14(13)24-17/h4-8H,9H2,1-3H3,(H,20,21,22). The molecule has 4 rings (SSSR count). The van der Waals surface area contributed by atoms with Crippen LogP contribution in [-0.2, 0) is 6.54 Å². The van der Waals surface area contributed by atoms with Crippen LogP contribution < -0.4 is 5.32 Å². The number of anilines is 2. The van der Waals surface area contributed by atoms with Gasteiger partial charge in [-0.2, -0.15) is 9.97 Å². The molecule has 0 radical (unpaired) electrons. The molecule has 2 aromatic carbocycles. The maximum absolute atomic E-state index is 13.6. The second kappa shape index (κ2) is 5.86. The van der Waals surface area contributed by atoms with Gasteiger partial charge in [0.05, 0.1) is 0 Å². The SMILES string of the molecule is Cc1c(F)ccc2oc(Nc3nc4cc(CN(C)C)ccc4o3)nc12. The molecule has 2 aromatic heterocycles. The Morgan fingerprint density at radius 1 is 1.04 bits per heavy atom. The fraction of sp³-hybridized carbons (Fsp3) is 0.222. The molecule has 0 spiro atoms. The zero-order valence-corrected chi connectivity index (χ0v) is 14.1. The number of aromatic nitrogens is 2. The highest BCUT2D eigenvalue weighted by Gasteiger charge is 2.14. The number of aryl methyl sites for hydroxylation is 1. The molecule has 2 heterocycles. The predicted molar refractivity (Wildman–Crippen MR) is 93.4 cm³/mol. The zero-order chi connectivity index (χ0) is 17.6. The number of oxazole rings is 2. The number of halogens is 1. The molecule has 25 heavy (non-hydrogen) atoms. The number of nitrogens with zero attached hydrogens (tertiary/aromatic N) is 3. The Morgan fingerprint density at radius 3 is 2.56 bits per heavy atom. The Balaban J connectivity index is 1.65. The molecule has 4 aromatic rings. The molecule has 0 aliphatic carbocycles. The van der Waals surface area contributed by atoms with Crippen LogP contribution in [0.1, 0.15) is 11.1 Å². The van der Waals surface area contributed by atoms with E-state index in [-0.39, 0.29) is 17.8 Å². The van der Waals surface area contributed by atoms with Crippen molar-refractivity contribution >= 4 is 34.2 Å². The quantitative estimate of drug-likeness (QED) is 0.600. The van der Waals surface area contributed by atoms with E-state index >= 15 is 0 Å². The first kappa shape index (κ1) is 15.6. The molecule has 0 amide bonds. The summed E-state index contributed by atoms with van der Waals surface area (Å²) in [5.74, 6) is -0.317. The van der Waals surface area contributed by atoms with Crippen molar-refractivity contribution in [2.45, 2.75) is 13.5 Å². The Bertz CT molecular complexity index is 1070. The zero-order valence-electron chi connectivity index (χ0n) is 14.1. The van der Waals surface area contributed by atoms with Gasteiger partial charge >= 0.3 is 12.0 Å². The van der Waals surface area contributed by atoms with Gasteiger partial charge in [-0.25, -0.2) is 4.39 Å². The number of hydrogen-bond donors (Lipinski definition) is 1. The van der Waals surface area contributed by atoms with E-state index in [1.807, 2.05) is 32.3 Å². The van der Waals surface area contributed by atoms with E-state index in [2.05, 4.69) is 20.2 Å². The lowest BCUT2D eigenvalue weighted by Crippen LogP contribution is -2.10. The van der Waals surface area contributed by atoms with Gasteiger partial charge in [-0.15, -0.1) is 0 Å². The van der Waals surface area contributed by atoms with Crippen LogP contribution in [0.25, 0.3) is 22.2 Å². The monoisotopic (exact) mass is 340 g/mol. The first-order chi connectivity index (χ1) is 12.0. The van der Waals surface area contributed by atoms with E-state index in [0.717, 1.165) is 17.6 Å². The average molecular weight is 340 g/mol. The smallest absolute Gasteiger partial charge is 0.303 e. The third-order valence-electron chi connectivity index (χ3n) is 3.91. The van der Waals surface area contributed by atoms with Crippen molar-refractivity contribution in [2.75, 3.05) is 19.4 Å². The van der Waals surface area contributed by atoms with Gasteiger partial charge in [0.25, 0.3) is 0 Å². The summed E-state index contributed by atoms with van der Waals surface area (Å²) in [4.78, 5) is 10.8. The summed E-state index contributed by atoms with van der Waals surface area (Å²) in [5.41, 5.74) is 3.99. The summed E-state index contributed by atoms with van der Waals surface area (Å²) < 4.78 is 24.9. The minimum atomic E-state index is -0.317. The van der Waals surface area contributed by atoms with Crippen LogP contribution in [0.3, 0.4) is 0 Å². The Kier molecular flexibility index (Phi) is 3.65. The molecule has 1 N–H and O–H groups in total. The van der Waals surface area contributed by atoms with E-state index in [9.17, 15) is 4.39 Å². The molecule has 0 aliphatic rings. The molecule has 0 bridgehead atoms. The molecule has 0 saturated carbocycles. The number of hydrogen-bond acceptors (Lipinski definition) is 6. The second-order valence-electron chi connectivity index (χ2n) is 6.22. The van der Waals surface area contributed by atoms with E-state index < -0.39 is 0 Å². The maximum atomic E-state index is 13.6. The third kappa shape index (κ3) is 2.94. The van der Waals surface area contributed by atoms with Crippen molar-refractivity contribution < 1.29 is 13.2 Å². The van der Waals surface area contributed by atoms with Gasteiger partial charge in [-0.3, -0.25) is 5.32 Å². The summed E-state index contributed by atoms with van der Waals surface area (Å²) in [6.07, 6.45) is 0. The van der Waals surface area contributed by atoms with Crippen LogP contribution in [0, 0.1) is 12.7 Å². The van der Waals surface area contributed by atoms with Gasteiger partial charge < -0.3 is 13.7 Å². The number of rotatable bonds is 4. The summed E-state index contributed by atoms with van der Waals surface area (Å²) in [7, 11) is 4.02. The van der Waals surface area contributed by atoms with Crippen LogP contribution >= 0.6 is 0 Å². The predicted octanol–water partition coefficient (Wildman–Crippen LogP) is 4.22. The third-order valence-corrected chi connectivity index (χ3v) is 3.91. The number of nitrogens with one attached hydrogen (secondary N) is 1. The largest absolute Gasteiger partial charge is 0.423 e. The van der Waals surface area contributed by atoms with Crippen molar-refractivity contribution in [3.8, 4) is 0 Å². The van der Waals surface area contributed by atoms with Crippen molar-refractivity contribution in [3.63, 3.8) is 0 Å². The molecule has 128 valence electrons. The lowest BCUT2D eigenvalue weighted by Gasteiger charge is -2.08. The summed E-state index contributed by atoms with van der Waals surface area (Å²) >= 11 is 0. The Morgan fingerprint density at radius 2 is 1.76 bits per heavy atom. The van der Waals surface area contributed by atoms with Gasteiger partial charge in [0, 0.05) is 12.1 Å². The van der Waals surface area contributed by atoms with Gasteiger partial charge in [-0.1, -0.05) is 6.07 Å². The lowest BCUT2D eigenvalue weighted by atomic mass is 10.2. The highest BCUT2D eigenvalue weighted by atomic mass is 19.1. The molecule has 0 saturated heterocycles. The molecular formula is C18H17FN4O2. The minimum absolute atomic E-state index is 0.212. The van der Waals surface area contributed by atoms with Crippen LogP contribution in [0.5, 0.6) is 0 Å². The molecule has 0 atom stereocenters. The van der Waals surface area contributed by atoms with Crippen LogP contribution in [0.15, 0.2) is 39.2 Å². The molecule has 0 unspecified atom stereocenters. The Hall–Kier alpha value is -2.93. The normalized spacial score (nSPS) is 11.7. The van der Waals surface area contributed by atoms with E-state index in [1.54, 1.807) is 13.0 Å². The van der Waals surface area contributed by atoms with Gasteiger partial charge in [-0.05, 0) is 50.8 Å². The van der Waals surface area contributed by atoms with E-state index in [0.29, 0.717) is 22.2 Å². The highest BCUT2D eigenvalue weighted by Crippen LogP contribution is 2.27. The van der Waals surface area contributed by atoms with Gasteiger partial charge in [0.2, 0.25) is 0 Å². The molecule has 7 heteroatoms. The summed E-state index contributed by atoms with van der Waals surface area (Å²) in [6, 6.07) is 9.27. The van der Waals surface area contributed by atoms with Crippen LogP contribution in [0.4, 0.5) is 16.4 Å². The topological polar surface area (TPSA) is 67.3 Å². The first-order valence-corrected chi connectivity index (χ1v) is 7.86. The van der Waals surface area contributed by atoms with Crippen molar-refractivity contribution in [1.82, 2.24) is 14.9 Å². The fourth-order valence-corrected chi connectivity index (χ4v) is 2.74.